The maximum atomic E-state index is 12.8. The third-order valence-electron chi connectivity index (χ3n) is 1.29. The van der Waals surface area contributed by atoms with Gasteiger partial charge in [-0.05, 0) is 24.6 Å². The molecule has 1 rings (SSSR count). The van der Waals surface area contributed by atoms with Crippen LogP contribution in [0.3, 0.4) is 0 Å². The topological polar surface area (TPSA) is 23.8 Å². The lowest BCUT2D eigenvalue weighted by Crippen LogP contribution is -1.86. The number of nitriles is 1. The summed E-state index contributed by atoms with van der Waals surface area (Å²) in [7, 11) is 0. The van der Waals surface area contributed by atoms with Crippen LogP contribution in [-0.2, 0) is 0 Å². The molecule has 11 heavy (non-hydrogen) atoms. The largest absolute Gasteiger partial charge is 0.204 e. The van der Waals surface area contributed by atoms with Crippen molar-refractivity contribution < 1.29 is 4.39 Å². The molecule has 56 valence electrons. The minimum Gasteiger partial charge on any atom is -0.204 e. The Morgan fingerprint density at radius 1 is 1.55 bits per heavy atom. The lowest BCUT2D eigenvalue weighted by molar-refractivity contribution is 0.624. The average molecular weight is 170 g/mol. The minimum atomic E-state index is -0.639. The normalized spacial score (nSPS) is 9.27. The lowest BCUT2D eigenvalue weighted by Gasteiger charge is -1.97. The van der Waals surface area contributed by atoms with Gasteiger partial charge in [-0.3, -0.25) is 0 Å². The summed E-state index contributed by atoms with van der Waals surface area (Å²) in [5.74, 6) is -0.639. The summed E-state index contributed by atoms with van der Waals surface area (Å²) < 4.78 is 12.8. The summed E-state index contributed by atoms with van der Waals surface area (Å²) in [4.78, 5) is 0. The van der Waals surface area contributed by atoms with Crippen molar-refractivity contribution in [1.29, 1.82) is 5.26 Å². The van der Waals surface area contributed by atoms with Gasteiger partial charge in [-0.15, -0.1) is 0 Å². The van der Waals surface area contributed by atoms with Gasteiger partial charge >= 0.3 is 0 Å². The average Bonchev–Trinajstić information content (AvgIpc) is 1.96. The SMILES string of the molecule is Cc1cc(Cl)c(F)c(C#N)c1. The molecule has 0 N–H and O–H groups in total. The molecule has 0 aliphatic carbocycles. The standard InChI is InChI=1S/C8H5ClFN/c1-5-2-6(4-11)8(10)7(9)3-5/h2-3H,1H3. The maximum absolute atomic E-state index is 12.8. The van der Waals surface area contributed by atoms with Crippen molar-refractivity contribution in [3.8, 4) is 6.07 Å². The molecule has 3 heteroatoms. The van der Waals surface area contributed by atoms with E-state index in [2.05, 4.69) is 0 Å². The Bertz CT molecular complexity index is 328. The molecule has 0 spiro atoms. The molecule has 0 aliphatic rings. The first kappa shape index (κ1) is 8.03. The Balaban J connectivity index is 3.39. The van der Waals surface area contributed by atoms with Crippen LogP contribution >= 0.6 is 11.6 Å². The van der Waals surface area contributed by atoms with Gasteiger partial charge in [0.2, 0.25) is 0 Å². The molecule has 0 heterocycles. The van der Waals surface area contributed by atoms with Crippen molar-refractivity contribution in [2.24, 2.45) is 0 Å². The smallest absolute Gasteiger partial charge is 0.159 e. The monoisotopic (exact) mass is 169 g/mol. The number of halogens is 2. The fourth-order valence-corrected chi connectivity index (χ4v) is 1.08. The second-order valence-corrected chi connectivity index (χ2v) is 2.63. The van der Waals surface area contributed by atoms with E-state index in [1.54, 1.807) is 13.0 Å². The summed E-state index contributed by atoms with van der Waals surface area (Å²) in [6.45, 7) is 1.76. The number of benzene rings is 1. The van der Waals surface area contributed by atoms with Crippen LogP contribution in [0.1, 0.15) is 11.1 Å². The van der Waals surface area contributed by atoms with E-state index in [0.29, 0.717) is 0 Å². The third-order valence-corrected chi connectivity index (χ3v) is 1.57. The van der Waals surface area contributed by atoms with E-state index in [9.17, 15) is 4.39 Å². The highest BCUT2D eigenvalue weighted by molar-refractivity contribution is 6.30. The van der Waals surface area contributed by atoms with E-state index in [-0.39, 0.29) is 10.6 Å². The van der Waals surface area contributed by atoms with E-state index < -0.39 is 5.82 Å². The zero-order chi connectivity index (χ0) is 8.43. The molecule has 1 aromatic rings. The van der Waals surface area contributed by atoms with Crippen LogP contribution in [0.15, 0.2) is 12.1 Å². The van der Waals surface area contributed by atoms with Crippen LogP contribution in [0, 0.1) is 24.1 Å². The fourth-order valence-electron chi connectivity index (χ4n) is 0.806. The molecule has 0 aromatic heterocycles. The molecule has 0 atom stereocenters. The van der Waals surface area contributed by atoms with E-state index in [4.69, 9.17) is 16.9 Å². The van der Waals surface area contributed by atoms with Crippen LogP contribution in [0.5, 0.6) is 0 Å². The summed E-state index contributed by atoms with van der Waals surface area (Å²) >= 11 is 5.47. The summed E-state index contributed by atoms with van der Waals surface area (Å²) in [6.07, 6.45) is 0. The quantitative estimate of drug-likeness (QED) is 0.586. The summed E-state index contributed by atoms with van der Waals surface area (Å²) in [6, 6.07) is 4.66. The van der Waals surface area contributed by atoms with Gasteiger partial charge in [0.15, 0.2) is 5.82 Å². The number of aryl methyl sites for hydroxylation is 1. The van der Waals surface area contributed by atoms with E-state index >= 15 is 0 Å². The zero-order valence-electron chi connectivity index (χ0n) is 5.86. The predicted octanol–water partition coefficient (Wildman–Crippen LogP) is 2.66. The van der Waals surface area contributed by atoms with Crippen LogP contribution in [-0.4, -0.2) is 0 Å². The third kappa shape index (κ3) is 1.50. The molecule has 0 saturated heterocycles. The van der Waals surface area contributed by atoms with Crippen LogP contribution < -0.4 is 0 Å². The Kier molecular flexibility index (Phi) is 2.11. The molecule has 0 saturated carbocycles. The number of nitrogens with zero attached hydrogens (tertiary/aromatic N) is 1. The van der Waals surface area contributed by atoms with Crippen molar-refractivity contribution >= 4 is 11.6 Å². The lowest BCUT2D eigenvalue weighted by atomic mass is 10.1. The first-order chi connectivity index (χ1) is 5.15. The number of hydrogen-bond donors (Lipinski definition) is 0. The van der Waals surface area contributed by atoms with Crippen LogP contribution in [0.2, 0.25) is 5.02 Å². The van der Waals surface area contributed by atoms with Gasteiger partial charge in [-0.1, -0.05) is 11.6 Å². The first-order valence-corrected chi connectivity index (χ1v) is 3.38. The highest BCUT2D eigenvalue weighted by atomic mass is 35.5. The van der Waals surface area contributed by atoms with Gasteiger partial charge in [0.05, 0.1) is 10.6 Å². The molecule has 1 aromatic carbocycles. The molecular weight excluding hydrogens is 165 g/mol. The number of rotatable bonds is 0. The minimum absolute atomic E-state index is 0.00144. The molecular formula is C8H5ClFN. The van der Waals surface area contributed by atoms with E-state index in [1.807, 2.05) is 0 Å². The van der Waals surface area contributed by atoms with Crippen molar-refractivity contribution in [3.05, 3.63) is 34.1 Å². The summed E-state index contributed by atoms with van der Waals surface area (Å²) in [5.41, 5.74) is 0.781. The van der Waals surface area contributed by atoms with Gasteiger partial charge < -0.3 is 0 Å². The van der Waals surface area contributed by atoms with Gasteiger partial charge in [0.1, 0.15) is 6.07 Å². The van der Waals surface area contributed by atoms with Gasteiger partial charge in [-0.25, -0.2) is 4.39 Å². The molecule has 0 amide bonds. The fraction of sp³-hybridized carbons (Fsp3) is 0.125. The summed E-state index contributed by atoms with van der Waals surface area (Å²) in [5, 5.41) is 8.42. The Labute approximate surface area is 69.0 Å². The van der Waals surface area contributed by atoms with E-state index in [1.165, 1.54) is 12.1 Å². The van der Waals surface area contributed by atoms with Gasteiger partial charge in [-0.2, -0.15) is 5.26 Å². The second-order valence-electron chi connectivity index (χ2n) is 2.22. The van der Waals surface area contributed by atoms with Crippen molar-refractivity contribution in [1.82, 2.24) is 0 Å². The van der Waals surface area contributed by atoms with E-state index in [0.717, 1.165) is 5.56 Å². The molecule has 0 radical (unpaired) electrons. The highest BCUT2D eigenvalue weighted by Crippen LogP contribution is 2.19. The molecule has 0 bridgehead atoms. The molecule has 0 aliphatic heterocycles. The Morgan fingerprint density at radius 2 is 2.18 bits per heavy atom. The Hall–Kier alpha value is -1.07. The second kappa shape index (κ2) is 2.89. The van der Waals surface area contributed by atoms with Crippen LogP contribution in [0.25, 0.3) is 0 Å². The van der Waals surface area contributed by atoms with Gasteiger partial charge in [0.25, 0.3) is 0 Å². The Morgan fingerprint density at radius 3 is 2.73 bits per heavy atom. The van der Waals surface area contributed by atoms with Crippen LogP contribution in [0.4, 0.5) is 4.39 Å². The zero-order valence-corrected chi connectivity index (χ0v) is 6.61. The maximum Gasteiger partial charge on any atom is 0.159 e. The predicted molar refractivity (Wildman–Crippen MR) is 40.9 cm³/mol. The van der Waals surface area contributed by atoms with Crippen molar-refractivity contribution in [2.75, 3.05) is 0 Å². The molecule has 0 fully saturated rings. The highest BCUT2D eigenvalue weighted by Gasteiger charge is 2.05. The van der Waals surface area contributed by atoms with Crippen molar-refractivity contribution in [3.63, 3.8) is 0 Å². The van der Waals surface area contributed by atoms with Crippen molar-refractivity contribution in [2.45, 2.75) is 6.92 Å². The first-order valence-electron chi connectivity index (χ1n) is 3.01. The number of hydrogen-bond acceptors (Lipinski definition) is 1. The molecule has 0 unspecified atom stereocenters. The molecule has 1 nitrogen and oxygen atoms in total. The van der Waals surface area contributed by atoms with Gasteiger partial charge in [0, 0.05) is 0 Å².